The molecule has 30 heavy (non-hydrogen) atoms. The standard InChI is InChI=1S/C20H23F3N4O3/c1-4-10(2)16(19(28)30-3)26-20(29)27-8-7-13-17(25-9-24-13)18(27)11-5-6-12(21)15(23)14(11)22/h5-6,9-10,16,18H,4,7-8H2,1-3H3,(H,24,25)(H,26,29)/t10-,16+,18+/m0/s1. The van der Waals surface area contributed by atoms with Crippen molar-refractivity contribution in [3.8, 4) is 0 Å². The first kappa shape index (κ1) is 21.7. The summed E-state index contributed by atoms with van der Waals surface area (Å²) in [7, 11) is 1.22. The number of benzene rings is 1. The van der Waals surface area contributed by atoms with Gasteiger partial charge in [-0.05, 0) is 12.0 Å². The fourth-order valence-corrected chi connectivity index (χ4v) is 3.57. The molecule has 1 aliphatic rings. The molecular formula is C20H23F3N4O3. The smallest absolute Gasteiger partial charge is 0.328 e. The summed E-state index contributed by atoms with van der Waals surface area (Å²) in [6.07, 6.45) is 2.40. The quantitative estimate of drug-likeness (QED) is 0.571. The molecule has 3 atom stereocenters. The number of carbonyl (C=O) groups excluding carboxylic acids is 2. The van der Waals surface area contributed by atoms with Gasteiger partial charge in [-0.15, -0.1) is 0 Å². The molecule has 1 aliphatic heterocycles. The number of nitrogens with one attached hydrogen (secondary N) is 2. The third-order valence-corrected chi connectivity index (χ3v) is 5.49. The molecule has 162 valence electrons. The second-order valence-electron chi connectivity index (χ2n) is 7.21. The van der Waals surface area contributed by atoms with E-state index < -0.39 is 41.5 Å². The van der Waals surface area contributed by atoms with Crippen LogP contribution in [0.2, 0.25) is 0 Å². The zero-order valence-corrected chi connectivity index (χ0v) is 16.8. The van der Waals surface area contributed by atoms with Crippen molar-refractivity contribution in [2.24, 2.45) is 5.92 Å². The summed E-state index contributed by atoms with van der Waals surface area (Å²) in [4.78, 5) is 33.6. The Hall–Kier alpha value is -3.04. The number of aromatic nitrogens is 2. The van der Waals surface area contributed by atoms with Crippen LogP contribution in [0.15, 0.2) is 18.5 Å². The number of fused-ring (bicyclic) bond motifs is 1. The Bertz CT molecular complexity index is 949. The van der Waals surface area contributed by atoms with Crippen LogP contribution in [0.25, 0.3) is 0 Å². The van der Waals surface area contributed by atoms with E-state index in [1.165, 1.54) is 18.3 Å². The van der Waals surface area contributed by atoms with Crippen LogP contribution in [0.4, 0.5) is 18.0 Å². The van der Waals surface area contributed by atoms with Gasteiger partial charge in [-0.25, -0.2) is 27.7 Å². The summed E-state index contributed by atoms with van der Waals surface area (Å²) in [5, 5.41) is 2.64. The van der Waals surface area contributed by atoms with E-state index in [9.17, 15) is 22.8 Å². The summed E-state index contributed by atoms with van der Waals surface area (Å²) in [6, 6.07) is -0.766. The SMILES string of the molecule is CC[C@H](C)[C@@H](NC(=O)N1CCc2[nH]cnc2[C@H]1c1ccc(F)c(F)c1F)C(=O)OC. The van der Waals surface area contributed by atoms with Gasteiger partial charge in [0, 0.05) is 24.2 Å². The summed E-state index contributed by atoms with van der Waals surface area (Å²) >= 11 is 0. The molecule has 3 rings (SSSR count). The van der Waals surface area contributed by atoms with Crippen LogP contribution in [-0.4, -0.2) is 46.6 Å². The highest BCUT2D eigenvalue weighted by Crippen LogP contribution is 2.35. The van der Waals surface area contributed by atoms with Gasteiger partial charge in [-0.1, -0.05) is 26.3 Å². The van der Waals surface area contributed by atoms with E-state index in [-0.39, 0.29) is 18.0 Å². The summed E-state index contributed by atoms with van der Waals surface area (Å²) in [5.74, 6) is -5.16. The molecular weight excluding hydrogens is 401 g/mol. The number of H-pyrrole nitrogens is 1. The molecule has 0 saturated carbocycles. The third-order valence-electron chi connectivity index (χ3n) is 5.49. The fourth-order valence-electron chi connectivity index (χ4n) is 3.57. The van der Waals surface area contributed by atoms with Crippen molar-refractivity contribution in [1.82, 2.24) is 20.2 Å². The molecule has 0 unspecified atom stereocenters. The number of imidazole rings is 1. The molecule has 1 aromatic carbocycles. The van der Waals surface area contributed by atoms with Gasteiger partial charge in [0.25, 0.3) is 0 Å². The fraction of sp³-hybridized carbons (Fsp3) is 0.450. The van der Waals surface area contributed by atoms with Crippen molar-refractivity contribution >= 4 is 12.0 Å². The Kier molecular flexibility index (Phi) is 6.33. The zero-order valence-electron chi connectivity index (χ0n) is 16.8. The second kappa shape index (κ2) is 8.76. The van der Waals surface area contributed by atoms with Crippen molar-refractivity contribution in [2.75, 3.05) is 13.7 Å². The molecule has 7 nitrogen and oxygen atoms in total. The van der Waals surface area contributed by atoms with Gasteiger partial charge in [-0.2, -0.15) is 0 Å². The average Bonchev–Trinajstić information content (AvgIpc) is 3.23. The lowest BCUT2D eigenvalue weighted by Gasteiger charge is -2.36. The minimum atomic E-state index is -1.62. The van der Waals surface area contributed by atoms with Crippen LogP contribution in [0.3, 0.4) is 0 Å². The first-order valence-electron chi connectivity index (χ1n) is 9.60. The molecule has 0 fully saturated rings. The van der Waals surface area contributed by atoms with Crippen LogP contribution < -0.4 is 5.32 Å². The number of halogens is 3. The van der Waals surface area contributed by atoms with E-state index in [2.05, 4.69) is 15.3 Å². The van der Waals surface area contributed by atoms with Crippen LogP contribution in [0, 0.1) is 23.4 Å². The lowest BCUT2D eigenvalue weighted by atomic mass is 9.95. The van der Waals surface area contributed by atoms with Gasteiger partial charge in [0.2, 0.25) is 0 Å². The minimum absolute atomic E-state index is 0.151. The predicted octanol–water partition coefficient (Wildman–Crippen LogP) is 3.07. The van der Waals surface area contributed by atoms with E-state index in [4.69, 9.17) is 4.74 Å². The van der Waals surface area contributed by atoms with E-state index in [0.717, 1.165) is 12.1 Å². The molecule has 10 heteroatoms. The Morgan fingerprint density at radius 1 is 1.33 bits per heavy atom. The van der Waals surface area contributed by atoms with E-state index >= 15 is 0 Å². The molecule has 0 radical (unpaired) electrons. The molecule has 0 bridgehead atoms. The maximum atomic E-state index is 14.6. The normalized spacial score (nSPS) is 17.8. The lowest BCUT2D eigenvalue weighted by molar-refractivity contribution is -0.144. The summed E-state index contributed by atoms with van der Waals surface area (Å²) in [6.45, 7) is 3.80. The highest BCUT2D eigenvalue weighted by atomic mass is 19.2. The Morgan fingerprint density at radius 2 is 2.07 bits per heavy atom. The highest BCUT2D eigenvalue weighted by molar-refractivity contribution is 5.84. The maximum absolute atomic E-state index is 14.6. The molecule has 0 saturated heterocycles. The van der Waals surface area contributed by atoms with Crippen molar-refractivity contribution in [1.29, 1.82) is 0 Å². The Morgan fingerprint density at radius 3 is 2.73 bits per heavy atom. The number of urea groups is 1. The van der Waals surface area contributed by atoms with E-state index in [1.54, 1.807) is 6.92 Å². The van der Waals surface area contributed by atoms with Gasteiger partial charge in [0.1, 0.15) is 12.1 Å². The lowest BCUT2D eigenvalue weighted by Crippen LogP contribution is -2.53. The monoisotopic (exact) mass is 424 g/mol. The van der Waals surface area contributed by atoms with Gasteiger partial charge in [0.15, 0.2) is 17.5 Å². The van der Waals surface area contributed by atoms with Crippen molar-refractivity contribution in [2.45, 2.75) is 38.8 Å². The maximum Gasteiger partial charge on any atom is 0.328 e. The number of carbonyl (C=O) groups is 2. The van der Waals surface area contributed by atoms with Gasteiger partial charge in [0.05, 0.1) is 19.1 Å². The van der Waals surface area contributed by atoms with Crippen LogP contribution >= 0.6 is 0 Å². The van der Waals surface area contributed by atoms with Crippen LogP contribution in [-0.2, 0) is 16.0 Å². The van der Waals surface area contributed by atoms with E-state index in [0.29, 0.717) is 24.2 Å². The predicted molar refractivity (Wildman–Crippen MR) is 101 cm³/mol. The van der Waals surface area contributed by atoms with Crippen molar-refractivity contribution in [3.05, 3.63) is 52.9 Å². The number of hydrogen-bond donors (Lipinski definition) is 2. The Labute approximate surface area is 171 Å². The zero-order chi connectivity index (χ0) is 22.0. The first-order chi connectivity index (χ1) is 14.3. The number of hydrogen-bond acceptors (Lipinski definition) is 4. The summed E-state index contributed by atoms with van der Waals surface area (Å²) in [5.41, 5.74) is 0.773. The Balaban J connectivity index is 2.00. The molecule has 2 heterocycles. The average molecular weight is 424 g/mol. The van der Waals surface area contributed by atoms with Gasteiger partial charge >= 0.3 is 12.0 Å². The number of nitrogens with zero attached hydrogens (tertiary/aromatic N) is 2. The largest absolute Gasteiger partial charge is 0.467 e. The second-order valence-corrected chi connectivity index (χ2v) is 7.21. The first-order valence-corrected chi connectivity index (χ1v) is 9.60. The number of aromatic amines is 1. The molecule has 2 aromatic rings. The summed E-state index contributed by atoms with van der Waals surface area (Å²) < 4.78 is 46.8. The highest BCUT2D eigenvalue weighted by Gasteiger charge is 2.38. The minimum Gasteiger partial charge on any atom is -0.467 e. The molecule has 0 spiro atoms. The molecule has 2 amide bonds. The van der Waals surface area contributed by atoms with Crippen molar-refractivity contribution in [3.63, 3.8) is 0 Å². The van der Waals surface area contributed by atoms with Gasteiger partial charge < -0.3 is 19.9 Å². The van der Waals surface area contributed by atoms with E-state index in [1.807, 2.05) is 6.92 Å². The number of methoxy groups -OCH3 is 1. The number of amides is 2. The number of ether oxygens (including phenoxy) is 1. The van der Waals surface area contributed by atoms with Gasteiger partial charge in [-0.3, -0.25) is 0 Å². The number of rotatable bonds is 5. The van der Waals surface area contributed by atoms with Crippen LogP contribution in [0.1, 0.15) is 43.3 Å². The van der Waals surface area contributed by atoms with Crippen molar-refractivity contribution < 1.29 is 27.5 Å². The topological polar surface area (TPSA) is 87.3 Å². The molecule has 0 aliphatic carbocycles. The number of esters is 1. The van der Waals surface area contributed by atoms with Crippen LogP contribution in [0.5, 0.6) is 0 Å². The molecule has 2 N–H and O–H groups in total. The molecule has 1 aromatic heterocycles. The third kappa shape index (κ3) is 3.86.